The minimum Gasteiger partial charge on any atom is -0.493 e. The Balaban J connectivity index is 1.91. The number of rotatable bonds is 6. The van der Waals surface area contributed by atoms with Crippen LogP contribution in [0.2, 0.25) is 0 Å². The normalized spacial score (nSPS) is 15.6. The van der Waals surface area contributed by atoms with Gasteiger partial charge in [-0.3, -0.25) is 4.79 Å². The number of benzene rings is 1. The maximum atomic E-state index is 12.8. The summed E-state index contributed by atoms with van der Waals surface area (Å²) in [5.41, 5.74) is 1.99. The highest BCUT2D eigenvalue weighted by molar-refractivity contribution is 5.91. The first-order valence-corrected chi connectivity index (χ1v) is 9.58. The summed E-state index contributed by atoms with van der Waals surface area (Å²) in [6.07, 6.45) is 2.13. The average Bonchev–Trinajstić information content (AvgIpc) is 3.24. The van der Waals surface area contributed by atoms with Crippen LogP contribution in [0.15, 0.2) is 34.9 Å². The lowest BCUT2D eigenvalue weighted by atomic mass is 9.91. The van der Waals surface area contributed by atoms with Crippen molar-refractivity contribution in [2.75, 3.05) is 27.3 Å². The zero-order valence-electron chi connectivity index (χ0n) is 17.2. The third-order valence-electron chi connectivity index (χ3n) is 4.88. The highest BCUT2D eigenvalue weighted by Crippen LogP contribution is 2.38. The van der Waals surface area contributed by atoms with Gasteiger partial charge in [-0.2, -0.15) is 0 Å². The van der Waals surface area contributed by atoms with Gasteiger partial charge in [-0.1, -0.05) is 0 Å². The van der Waals surface area contributed by atoms with E-state index in [1.165, 1.54) is 6.26 Å². The minimum atomic E-state index is -0.351. The molecule has 1 aliphatic heterocycles. The van der Waals surface area contributed by atoms with Gasteiger partial charge in [-0.05, 0) is 55.7 Å². The molecule has 0 spiro atoms. The summed E-state index contributed by atoms with van der Waals surface area (Å²) in [6.45, 7) is 4.60. The molecule has 1 aliphatic rings. The standard InChI is InChI=1S/C21H27N3O5/c1-13(2)23-21(26)24-8-7-14-10-18(27-3)19(28-4)11-15(14)16(24)12-22-20(25)17-6-5-9-29-17/h5-6,9-11,13,16H,7-8,12H2,1-4H3,(H,22,25)(H,23,26)/t16-/m1/s1. The van der Waals surface area contributed by atoms with Crippen LogP contribution in [0.5, 0.6) is 11.5 Å². The largest absolute Gasteiger partial charge is 0.493 e. The van der Waals surface area contributed by atoms with Gasteiger partial charge in [0.05, 0.1) is 26.5 Å². The second-order valence-electron chi connectivity index (χ2n) is 7.16. The van der Waals surface area contributed by atoms with Gasteiger partial charge >= 0.3 is 6.03 Å². The molecule has 0 aliphatic carbocycles. The number of carbonyl (C=O) groups is 2. The minimum absolute atomic E-state index is 0.00709. The third kappa shape index (κ3) is 4.47. The molecule has 156 valence electrons. The summed E-state index contributed by atoms with van der Waals surface area (Å²) in [5.74, 6) is 1.13. The number of nitrogens with zero attached hydrogens (tertiary/aromatic N) is 1. The second-order valence-corrected chi connectivity index (χ2v) is 7.16. The predicted molar refractivity (Wildman–Crippen MR) is 107 cm³/mol. The molecule has 0 fully saturated rings. The first-order valence-electron chi connectivity index (χ1n) is 9.58. The Labute approximate surface area is 170 Å². The van der Waals surface area contributed by atoms with Gasteiger partial charge in [0.15, 0.2) is 17.3 Å². The van der Waals surface area contributed by atoms with Gasteiger partial charge in [-0.15, -0.1) is 0 Å². The van der Waals surface area contributed by atoms with Gasteiger partial charge < -0.3 is 29.4 Å². The average molecular weight is 401 g/mol. The van der Waals surface area contributed by atoms with Crippen LogP contribution in [0, 0.1) is 0 Å². The Kier molecular flexibility index (Phi) is 6.31. The van der Waals surface area contributed by atoms with Crippen molar-refractivity contribution in [3.8, 4) is 11.5 Å². The predicted octanol–water partition coefficient (Wildman–Crippen LogP) is 2.74. The van der Waals surface area contributed by atoms with Crippen LogP contribution in [0.1, 0.15) is 41.6 Å². The molecule has 1 aromatic heterocycles. The lowest BCUT2D eigenvalue weighted by Crippen LogP contribution is -2.50. The van der Waals surface area contributed by atoms with Crippen molar-refractivity contribution >= 4 is 11.9 Å². The molecule has 1 atom stereocenters. The lowest BCUT2D eigenvalue weighted by Gasteiger charge is -2.38. The van der Waals surface area contributed by atoms with E-state index in [0.29, 0.717) is 24.5 Å². The number of amides is 3. The summed E-state index contributed by atoms with van der Waals surface area (Å²) >= 11 is 0. The molecule has 29 heavy (non-hydrogen) atoms. The van der Waals surface area contributed by atoms with E-state index in [-0.39, 0.29) is 36.3 Å². The van der Waals surface area contributed by atoms with Gasteiger partial charge in [0.2, 0.25) is 0 Å². The Morgan fingerprint density at radius 2 is 1.97 bits per heavy atom. The van der Waals surface area contributed by atoms with Crippen molar-refractivity contribution in [1.82, 2.24) is 15.5 Å². The maximum Gasteiger partial charge on any atom is 0.318 e. The molecule has 0 saturated carbocycles. The number of urea groups is 1. The number of nitrogens with one attached hydrogen (secondary N) is 2. The van der Waals surface area contributed by atoms with Gasteiger partial charge in [0.1, 0.15) is 0 Å². The fourth-order valence-electron chi connectivity index (χ4n) is 3.51. The SMILES string of the molecule is COc1cc2c(cc1OC)[C@@H](CNC(=O)c1ccco1)N(C(=O)NC(C)C)CC2. The molecule has 3 rings (SSSR count). The zero-order chi connectivity index (χ0) is 21.0. The van der Waals surface area contributed by atoms with E-state index in [1.807, 2.05) is 26.0 Å². The number of hydrogen-bond donors (Lipinski definition) is 2. The van der Waals surface area contributed by atoms with E-state index in [0.717, 1.165) is 11.1 Å². The van der Waals surface area contributed by atoms with E-state index in [1.54, 1.807) is 31.3 Å². The van der Waals surface area contributed by atoms with Crippen LogP contribution < -0.4 is 20.1 Å². The van der Waals surface area contributed by atoms with Crippen molar-refractivity contribution in [2.24, 2.45) is 0 Å². The fraction of sp³-hybridized carbons (Fsp3) is 0.429. The van der Waals surface area contributed by atoms with Crippen molar-refractivity contribution in [3.05, 3.63) is 47.4 Å². The summed E-state index contributed by atoms with van der Waals surface area (Å²) in [7, 11) is 3.17. The molecular formula is C21H27N3O5. The first kappa shape index (κ1) is 20.6. The monoisotopic (exact) mass is 401 g/mol. The Morgan fingerprint density at radius 3 is 2.59 bits per heavy atom. The van der Waals surface area contributed by atoms with Gasteiger partial charge in [-0.25, -0.2) is 4.79 Å². The van der Waals surface area contributed by atoms with Gasteiger partial charge in [0.25, 0.3) is 5.91 Å². The van der Waals surface area contributed by atoms with Crippen molar-refractivity contribution in [2.45, 2.75) is 32.4 Å². The smallest absolute Gasteiger partial charge is 0.318 e. The highest BCUT2D eigenvalue weighted by Gasteiger charge is 2.33. The van der Waals surface area contributed by atoms with Crippen LogP contribution in [0.3, 0.4) is 0 Å². The van der Waals surface area contributed by atoms with E-state index in [9.17, 15) is 9.59 Å². The molecule has 0 bridgehead atoms. The summed E-state index contributed by atoms with van der Waals surface area (Å²) in [6, 6.07) is 6.56. The Hall–Kier alpha value is -3.16. The van der Waals surface area contributed by atoms with Crippen LogP contribution >= 0.6 is 0 Å². The zero-order valence-corrected chi connectivity index (χ0v) is 17.2. The van der Waals surface area contributed by atoms with Crippen LogP contribution in [-0.4, -0.2) is 50.2 Å². The van der Waals surface area contributed by atoms with Crippen molar-refractivity contribution in [1.29, 1.82) is 0 Å². The van der Waals surface area contributed by atoms with Crippen LogP contribution in [0.4, 0.5) is 4.79 Å². The Morgan fingerprint density at radius 1 is 1.24 bits per heavy atom. The van der Waals surface area contributed by atoms with E-state index < -0.39 is 0 Å². The molecule has 1 aromatic carbocycles. The molecule has 0 saturated heterocycles. The van der Waals surface area contributed by atoms with Crippen LogP contribution in [-0.2, 0) is 6.42 Å². The fourth-order valence-corrected chi connectivity index (χ4v) is 3.51. The summed E-state index contributed by atoms with van der Waals surface area (Å²) in [5, 5.41) is 5.81. The maximum absolute atomic E-state index is 12.8. The molecule has 0 radical (unpaired) electrons. The molecular weight excluding hydrogens is 374 g/mol. The van der Waals surface area contributed by atoms with E-state index in [4.69, 9.17) is 13.9 Å². The third-order valence-corrected chi connectivity index (χ3v) is 4.88. The number of ether oxygens (including phenoxy) is 2. The molecule has 8 heteroatoms. The Bertz CT molecular complexity index is 863. The number of furan rings is 1. The topological polar surface area (TPSA) is 93.0 Å². The van der Waals surface area contributed by atoms with Crippen LogP contribution in [0.25, 0.3) is 0 Å². The van der Waals surface area contributed by atoms with Crippen molar-refractivity contribution < 1.29 is 23.5 Å². The van der Waals surface area contributed by atoms with Crippen molar-refractivity contribution in [3.63, 3.8) is 0 Å². The van der Waals surface area contributed by atoms with E-state index in [2.05, 4.69) is 10.6 Å². The molecule has 2 aromatic rings. The lowest BCUT2D eigenvalue weighted by molar-refractivity contribution is 0.0906. The quantitative estimate of drug-likeness (QED) is 0.776. The number of fused-ring (bicyclic) bond motifs is 1. The number of hydrogen-bond acceptors (Lipinski definition) is 5. The molecule has 3 amide bonds. The van der Waals surface area contributed by atoms with E-state index >= 15 is 0 Å². The summed E-state index contributed by atoms with van der Waals surface area (Å²) in [4.78, 5) is 26.9. The summed E-state index contributed by atoms with van der Waals surface area (Å²) < 4.78 is 16.0. The first-order chi connectivity index (χ1) is 13.9. The molecule has 0 unspecified atom stereocenters. The van der Waals surface area contributed by atoms with Gasteiger partial charge in [0, 0.05) is 19.1 Å². The molecule has 2 heterocycles. The number of carbonyl (C=O) groups excluding carboxylic acids is 2. The molecule has 2 N–H and O–H groups in total. The highest BCUT2D eigenvalue weighted by atomic mass is 16.5. The number of methoxy groups -OCH3 is 2. The second kappa shape index (κ2) is 8.89. The molecule has 8 nitrogen and oxygen atoms in total.